The average Bonchev–Trinajstić information content (AvgIpc) is 2.40. The summed E-state index contributed by atoms with van der Waals surface area (Å²) in [6.07, 6.45) is 5.31. The van der Waals surface area contributed by atoms with Gasteiger partial charge in [-0.05, 0) is 19.8 Å². The van der Waals surface area contributed by atoms with Crippen LogP contribution in [-0.2, 0) is 0 Å². The van der Waals surface area contributed by atoms with E-state index in [4.69, 9.17) is 5.11 Å². The van der Waals surface area contributed by atoms with Crippen LogP contribution in [0.25, 0.3) is 0 Å². The highest BCUT2D eigenvalue weighted by Crippen LogP contribution is 2.17. The molecule has 0 heterocycles. The molecule has 10 heavy (non-hydrogen) atoms. The maximum absolute atomic E-state index is 8.73. The topological polar surface area (TPSA) is 32.3 Å². The monoisotopic (exact) mass is 143 g/mol. The first-order valence-corrected chi connectivity index (χ1v) is 4.20. The molecule has 1 saturated carbocycles. The summed E-state index contributed by atoms with van der Waals surface area (Å²) in [5, 5.41) is 12.1. The molecule has 1 rings (SSSR count). The third-order valence-corrected chi connectivity index (χ3v) is 2.15. The summed E-state index contributed by atoms with van der Waals surface area (Å²) in [6, 6.07) is 0.963. The summed E-state index contributed by atoms with van der Waals surface area (Å²) in [5.41, 5.74) is 0. The van der Waals surface area contributed by atoms with E-state index >= 15 is 0 Å². The average molecular weight is 143 g/mol. The summed E-state index contributed by atoms with van der Waals surface area (Å²) < 4.78 is 0. The molecule has 0 aromatic carbocycles. The van der Waals surface area contributed by atoms with Crippen molar-refractivity contribution in [3.63, 3.8) is 0 Å². The lowest BCUT2D eigenvalue weighted by atomic mass is 10.2. The Balaban J connectivity index is 2.11. The van der Waals surface area contributed by atoms with Crippen LogP contribution in [0.3, 0.4) is 0 Å². The molecule has 0 saturated heterocycles. The molecule has 1 fully saturated rings. The second-order valence-electron chi connectivity index (χ2n) is 3.23. The third-order valence-electron chi connectivity index (χ3n) is 2.15. The smallest absolute Gasteiger partial charge is 0.0582 e. The van der Waals surface area contributed by atoms with Gasteiger partial charge in [0.15, 0.2) is 0 Å². The maximum Gasteiger partial charge on any atom is 0.0582 e. The number of hydrogen-bond acceptors (Lipinski definition) is 2. The molecule has 2 nitrogen and oxygen atoms in total. The van der Waals surface area contributed by atoms with E-state index in [1.165, 1.54) is 25.7 Å². The van der Waals surface area contributed by atoms with E-state index in [0.29, 0.717) is 6.04 Å². The highest BCUT2D eigenvalue weighted by atomic mass is 16.3. The fourth-order valence-corrected chi connectivity index (χ4v) is 1.55. The van der Waals surface area contributed by atoms with Gasteiger partial charge in [0.1, 0.15) is 0 Å². The lowest BCUT2D eigenvalue weighted by Gasteiger charge is -2.16. The van der Waals surface area contributed by atoms with Gasteiger partial charge in [0.2, 0.25) is 0 Å². The van der Waals surface area contributed by atoms with E-state index in [1.54, 1.807) is 0 Å². The number of aliphatic hydroxyl groups excluding tert-OH is 1. The quantitative estimate of drug-likeness (QED) is 0.615. The van der Waals surface area contributed by atoms with Gasteiger partial charge in [0.05, 0.1) is 6.61 Å². The largest absolute Gasteiger partial charge is 0.395 e. The molecule has 2 heteroatoms. The first-order valence-electron chi connectivity index (χ1n) is 4.20. The Morgan fingerprint density at radius 3 is 2.60 bits per heavy atom. The second-order valence-corrected chi connectivity index (χ2v) is 3.23. The fraction of sp³-hybridized carbons (Fsp3) is 1.00. The first kappa shape index (κ1) is 8.02. The van der Waals surface area contributed by atoms with Gasteiger partial charge in [0.25, 0.3) is 0 Å². The van der Waals surface area contributed by atoms with Gasteiger partial charge in [-0.3, -0.25) is 0 Å². The van der Waals surface area contributed by atoms with E-state index in [2.05, 4.69) is 5.32 Å². The zero-order chi connectivity index (χ0) is 7.40. The van der Waals surface area contributed by atoms with Crippen LogP contribution in [0.5, 0.6) is 0 Å². The van der Waals surface area contributed by atoms with Gasteiger partial charge < -0.3 is 10.4 Å². The zero-order valence-electron chi connectivity index (χ0n) is 6.64. The zero-order valence-corrected chi connectivity index (χ0v) is 6.64. The summed E-state index contributed by atoms with van der Waals surface area (Å²) in [4.78, 5) is 0. The molecule has 2 N–H and O–H groups in total. The van der Waals surface area contributed by atoms with Crippen molar-refractivity contribution in [1.82, 2.24) is 5.32 Å². The van der Waals surface area contributed by atoms with Gasteiger partial charge >= 0.3 is 0 Å². The predicted octanol–water partition coefficient (Wildman–Crippen LogP) is 0.899. The molecule has 0 aromatic rings. The van der Waals surface area contributed by atoms with Crippen LogP contribution in [0.15, 0.2) is 0 Å². The van der Waals surface area contributed by atoms with Crippen molar-refractivity contribution < 1.29 is 5.11 Å². The number of aliphatic hydroxyl groups is 1. The van der Waals surface area contributed by atoms with E-state index < -0.39 is 0 Å². The molecule has 0 aliphatic heterocycles. The molecule has 1 aliphatic carbocycles. The highest BCUT2D eigenvalue weighted by Gasteiger charge is 2.15. The Morgan fingerprint density at radius 2 is 2.10 bits per heavy atom. The minimum Gasteiger partial charge on any atom is -0.395 e. The summed E-state index contributed by atoms with van der Waals surface area (Å²) in [6.45, 7) is 2.29. The lowest BCUT2D eigenvalue weighted by Crippen LogP contribution is -2.36. The van der Waals surface area contributed by atoms with E-state index in [0.717, 1.165) is 0 Å². The van der Waals surface area contributed by atoms with Crippen LogP contribution in [0.1, 0.15) is 32.6 Å². The molecule has 0 unspecified atom stereocenters. The Kier molecular flexibility index (Phi) is 3.16. The molecule has 0 spiro atoms. The summed E-state index contributed by atoms with van der Waals surface area (Å²) in [7, 11) is 0. The van der Waals surface area contributed by atoms with Crippen molar-refractivity contribution in [2.45, 2.75) is 44.7 Å². The van der Waals surface area contributed by atoms with E-state index in [-0.39, 0.29) is 12.6 Å². The normalized spacial score (nSPS) is 23.4. The van der Waals surface area contributed by atoms with Gasteiger partial charge in [-0.2, -0.15) is 0 Å². The van der Waals surface area contributed by atoms with Crippen LogP contribution < -0.4 is 5.32 Å². The number of hydrogen-bond donors (Lipinski definition) is 2. The Bertz CT molecular complexity index is 89.3. The molecule has 1 aliphatic rings. The minimum atomic E-state index is 0.260. The molecule has 0 aromatic heterocycles. The second kappa shape index (κ2) is 3.94. The van der Waals surface area contributed by atoms with Crippen molar-refractivity contribution in [2.75, 3.05) is 6.61 Å². The molecule has 0 amide bonds. The van der Waals surface area contributed by atoms with Crippen LogP contribution >= 0.6 is 0 Å². The number of rotatable bonds is 3. The molecule has 0 bridgehead atoms. The van der Waals surface area contributed by atoms with Gasteiger partial charge in [-0.1, -0.05) is 12.8 Å². The van der Waals surface area contributed by atoms with E-state index in [9.17, 15) is 0 Å². The van der Waals surface area contributed by atoms with Crippen LogP contribution in [0, 0.1) is 0 Å². The fourth-order valence-electron chi connectivity index (χ4n) is 1.55. The lowest BCUT2D eigenvalue weighted by molar-refractivity contribution is 0.241. The SMILES string of the molecule is C[C@@H](CO)NC1CCCC1. The highest BCUT2D eigenvalue weighted by molar-refractivity contribution is 4.75. The standard InChI is InChI=1S/C8H17NO/c1-7(6-10)9-8-4-2-3-5-8/h7-10H,2-6H2,1H3/t7-/m0/s1. The molecule has 60 valence electrons. The molecule has 0 radical (unpaired) electrons. The van der Waals surface area contributed by atoms with E-state index in [1.807, 2.05) is 6.92 Å². The molecular weight excluding hydrogens is 126 g/mol. The summed E-state index contributed by atoms with van der Waals surface area (Å²) in [5.74, 6) is 0. The van der Waals surface area contributed by atoms with Gasteiger partial charge in [0, 0.05) is 12.1 Å². The molecule has 1 atom stereocenters. The predicted molar refractivity (Wildman–Crippen MR) is 41.9 cm³/mol. The van der Waals surface area contributed by atoms with Crippen molar-refractivity contribution in [1.29, 1.82) is 0 Å². The Labute approximate surface area is 62.6 Å². The van der Waals surface area contributed by atoms with Crippen LogP contribution in [0.2, 0.25) is 0 Å². The summed E-state index contributed by atoms with van der Waals surface area (Å²) >= 11 is 0. The van der Waals surface area contributed by atoms with Crippen LogP contribution in [-0.4, -0.2) is 23.8 Å². The minimum absolute atomic E-state index is 0.260. The van der Waals surface area contributed by atoms with Gasteiger partial charge in [-0.15, -0.1) is 0 Å². The maximum atomic E-state index is 8.73. The van der Waals surface area contributed by atoms with Gasteiger partial charge in [-0.25, -0.2) is 0 Å². The Morgan fingerprint density at radius 1 is 1.50 bits per heavy atom. The molecular formula is C8H17NO. The van der Waals surface area contributed by atoms with Crippen molar-refractivity contribution in [3.05, 3.63) is 0 Å². The van der Waals surface area contributed by atoms with Crippen molar-refractivity contribution in [2.24, 2.45) is 0 Å². The van der Waals surface area contributed by atoms with Crippen molar-refractivity contribution in [3.8, 4) is 0 Å². The third kappa shape index (κ3) is 2.27. The first-order chi connectivity index (χ1) is 4.83. The Hall–Kier alpha value is -0.0800. The van der Waals surface area contributed by atoms with Crippen molar-refractivity contribution >= 4 is 0 Å². The van der Waals surface area contributed by atoms with Crippen LogP contribution in [0.4, 0.5) is 0 Å². The number of nitrogens with one attached hydrogen (secondary N) is 1.